The molecule has 2 nitrogen and oxygen atoms in total. The molecule has 2 aromatic carbocycles. The molecule has 0 radical (unpaired) electrons. The molecule has 4 heteroatoms. The van der Waals surface area contributed by atoms with Crippen LogP contribution in [0.15, 0.2) is 48.5 Å². The van der Waals surface area contributed by atoms with Crippen molar-refractivity contribution in [2.24, 2.45) is 11.5 Å². The summed E-state index contributed by atoms with van der Waals surface area (Å²) >= 11 is 4.60. The average molecular weight is 464 g/mol. The molecule has 4 N–H and O–H groups in total. The molecule has 0 aliphatic rings. The van der Waals surface area contributed by atoms with Crippen molar-refractivity contribution in [3.05, 3.63) is 66.8 Å². The molecule has 0 saturated heterocycles. The van der Waals surface area contributed by atoms with E-state index in [1.807, 2.05) is 36.4 Å². The molecule has 2 rings (SSSR count). The van der Waals surface area contributed by atoms with Crippen molar-refractivity contribution in [1.82, 2.24) is 0 Å². The van der Waals surface area contributed by atoms with Crippen molar-refractivity contribution in [3.63, 3.8) is 0 Å². The Morgan fingerprint density at radius 3 is 1.33 bits per heavy atom. The highest BCUT2D eigenvalue weighted by molar-refractivity contribution is 14.1. The third-order valence-corrected chi connectivity index (χ3v) is 4.88. The van der Waals surface area contributed by atoms with E-state index in [0.29, 0.717) is 0 Å². The van der Waals surface area contributed by atoms with Crippen LogP contribution in [0.25, 0.3) is 0 Å². The van der Waals surface area contributed by atoms with Gasteiger partial charge in [0, 0.05) is 7.14 Å². The fourth-order valence-corrected chi connectivity index (χ4v) is 3.37. The molecule has 2 aromatic rings. The SMILES string of the molecule is NC(c1ccccc1I)C(N)c1ccccc1I. The maximum Gasteiger partial charge on any atom is 0.0502 e. The van der Waals surface area contributed by atoms with Gasteiger partial charge in [-0.05, 0) is 68.4 Å². The molecule has 2 atom stereocenters. The highest BCUT2D eigenvalue weighted by atomic mass is 127. The predicted octanol–water partition coefficient (Wildman–Crippen LogP) is 3.60. The lowest BCUT2D eigenvalue weighted by molar-refractivity contribution is 0.570. The van der Waals surface area contributed by atoms with E-state index < -0.39 is 0 Å². The summed E-state index contributed by atoms with van der Waals surface area (Å²) in [6, 6.07) is 15.8. The molecule has 0 amide bonds. The summed E-state index contributed by atoms with van der Waals surface area (Å²) in [7, 11) is 0. The van der Waals surface area contributed by atoms with E-state index in [2.05, 4.69) is 57.3 Å². The van der Waals surface area contributed by atoms with Crippen LogP contribution in [0.2, 0.25) is 0 Å². The van der Waals surface area contributed by atoms with E-state index in [0.717, 1.165) is 18.3 Å². The van der Waals surface area contributed by atoms with E-state index in [9.17, 15) is 0 Å². The Morgan fingerprint density at radius 2 is 1.00 bits per heavy atom. The first-order chi connectivity index (χ1) is 8.61. The minimum absolute atomic E-state index is 0.186. The Bertz CT molecular complexity index is 493. The van der Waals surface area contributed by atoms with Gasteiger partial charge in [-0.3, -0.25) is 0 Å². The molecule has 18 heavy (non-hydrogen) atoms. The minimum Gasteiger partial charge on any atom is -0.322 e. The Hall–Kier alpha value is -0.180. The maximum absolute atomic E-state index is 6.31. The molecular formula is C14H14I2N2. The number of rotatable bonds is 3. The van der Waals surface area contributed by atoms with Crippen LogP contribution in [0, 0.1) is 7.14 Å². The van der Waals surface area contributed by atoms with Crippen LogP contribution in [0.3, 0.4) is 0 Å². The predicted molar refractivity (Wildman–Crippen MR) is 92.2 cm³/mol. The zero-order chi connectivity index (χ0) is 13.1. The van der Waals surface area contributed by atoms with Crippen molar-refractivity contribution >= 4 is 45.2 Å². The van der Waals surface area contributed by atoms with Gasteiger partial charge in [0.25, 0.3) is 0 Å². The fraction of sp³-hybridized carbons (Fsp3) is 0.143. The number of nitrogens with two attached hydrogens (primary N) is 2. The second-order valence-corrected chi connectivity index (χ2v) is 6.42. The van der Waals surface area contributed by atoms with E-state index >= 15 is 0 Å². The van der Waals surface area contributed by atoms with Crippen molar-refractivity contribution in [1.29, 1.82) is 0 Å². The van der Waals surface area contributed by atoms with Gasteiger partial charge in [0.2, 0.25) is 0 Å². The highest BCUT2D eigenvalue weighted by Crippen LogP contribution is 2.29. The first-order valence-electron chi connectivity index (χ1n) is 5.61. The Balaban J connectivity index is 2.33. The molecular weight excluding hydrogens is 450 g/mol. The Labute approximate surface area is 134 Å². The van der Waals surface area contributed by atoms with Gasteiger partial charge < -0.3 is 11.5 Å². The number of halogens is 2. The molecule has 0 saturated carbocycles. The number of hydrogen-bond acceptors (Lipinski definition) is 2. The third-order valence-electron chi connectivity index (χ3n) is 2.92. The van der Waals surface area contributed by atoms with Crippen LogP contribution >= 0.6 is 45.2 Å². The van der Waals surface area contributed by atoms with Crippen LogP contribution in [0.1, 0.15) is 23.2 Å². The summed E-state index contributed by atoms with van der Waals surface area (Å²) < 4.78 is 2.31. The largest absolute Gasteiger partial charge is 0.322 e. The fourth-order valence-electron chi connectivity index (χ4n) is 1.88. The second kappa shape index (κ2) is 6.31. The van der Waals surface area contributed by atoms with Crippen molar-refractivity contribution in [3.8, 4) is 0 Å². The molecule has 0 aliphatic carbocycles. The topological polar surface area (TPSA) is 52.0 Å². The standard InChI is InChI=1S/C14H14I2N2/c15-11-7-3-1-5-9(11)13(17)14(18)10-6-2-4-8-12(10)16/h1-8,13-14H,17-18H2. The van der Waals surface area contributed by atoms with Crippen LogP contribution in [0.4, 0.5) is 0 Å². The van der Waals surface area contributed by atoms with E-state index in [-0.39, 0.29) is 12.1 Å². The lowest BCUT2D eigenvalue weighted by Gasteiger charge is -2.22. The van der Waals surface area contributed by atoms with Gasteiger partial charge in [0.05, 0.1) is 12.1 Å². The molecule has 0 aromatic heterocycles. The van der Waals surface area contributed by atoms with Crippen LogP contribution in [0.5, 0.6) is 0 Å². The molecule has 0 bridgehead atoms. The first-order valence-corrected chi connectivity index (χ1v) is 7.77. The monoisotopic (exact) mass is 464 g/mol. The van der Waals surface area contributed by atoms with Crippen LogP contribution < -0.4 is 11.5 Å². The summed E-state index contributed by atoms with van der Waals surface area (Å²) in [5.74, 6) is 0. The van der Waals surface area contributed by atoms with Gasteiger partial charge in [-0.1, -0.05) is 36.4 Å². The first kappa shape index (κ1) is 14.2. The van der Waals surface area contributed by atoms with Gasteiger partial charge in [-0.15, -0.1) is 0 Å². The molecule has 0 aliphatic heterocycles. The lowest BCUT2D eigenvalue weighted by atomic mass is 9.95. The van der Waals surface area contributed by atoms with Crippen LogP contribution in [-0.4, -0.2) is 0 Å². The Kier molecular flexibility index (Phi) is 4.99. The summed E-state index contributed by atoms with van der Waals surface area (Å²) in [5, 5.41) is 0. The van der Waals surface area contributed by atoms with Gasteiger partial charge in [0.15, 0.2) is 0 Å². The highest BCUT2D eigenvalue weighted by Gasteiger charge is 2.20. The lowest BCUT2D eigenvalue weighted by Crippen LogP contribution is -2.27. The smallest absolute Gasteiger partial charge is 0.0502 e. The average Bonchev–Trinajstić information content (AvgIpc) is 2.38. The third kappa shape index (κ3) is 3.04. The van der Waals surface area contributed by atoms with Crippen molar-refractivity contribution in [2.75, 3.05) is 0 Å². The van der Waals surface area contributed by atoms with E-state index in [4.69, 9.17) is 11.5 Å². The Morgan fingerprint density at radius 1 is 0.667 bits per heavy atom. The summed E-state index contributed by atoms with van der Waals surface area (Å²) in [5.41, 5.74) is 14.8. The summed E-state index contributed by atoms with van der Waals surface area (Å²) in [4.78, 5) is 0. The van der Waals surface area contributed by atoms with Gasteiger partial charge in [-0.2, -0.15) is 0 Å². The summed E-state index contributed by atoms with van der Waals surface area (Å²) in [6.45, 7) is 0. The zero-order valence-electron chi connectivity index (χ0n) is 9.68. The van der Waals surface area contributed by atoms with Gasteiger partial charge >= 0.3 is 0 Å². The molecule has 94 valence electrons. The molecule has 2 unspecified atom stereocenters. The quantitative estimate of drug-likeness (QED) is 0.683. The minimum atomic E-state index is -0.186. The number of benzene rings is 2. The number of hydrogen-bond donors (Lipinski definition) is 2. The van der Waals surface area contributed by atoms with Crippen molar-refractivity contribution in [2.45, 2.75) is 12.1 Å². The van der Waals surface area contributed by atoms with Crippen LogP contribution in [-0.2, 0) is 0 Å². The van der Waals surface area contributed by atoms with Crippen molar-refractivity contribution < 1.29 is 0 Å². The van der Waals surface area contributed by atoms with Gasteiger partial charge in [0.1, 0.15) is 0 Å². The molecule has 0 heterocycles. The summed E-state index contributed by atoms with van der Waals surface area (Å²) in [6.07, 6.45) is 0. The van der Waals surface area contributed by atoms with Gasteiger partial charge in [-0.25, -0.2) is 0 Å². The maximum atomic E-state index is 6.31. The second-order valence-electron chi connectivity index (χ2n) is 4.09. The zero-order valence-corrected chi connectivity index (χ0v) is 14.0. The van der Waals surface area contributed by atoms with E-state index in [1.54, 1.807) is 0 Å². The van der Waals surface area contributed by atoms with E-state index in [1.165, 1.54) is 0 Å². The molecule has 0 fully saturated rings. The normalized spacial score (nSPS) is 14.2. The molecule has 0 spiro atoms.